The molecule has 10 heteroatoms. The van der Waals surface area contributed by atoms with Crippen LogP contribution in [0.25, 0.3) is 5.69 Å². The fraction of sp³-hybridized carbons (Fsp3) is 0.0556. The van der Waals surface area contributed by atoms with E-state index in [9.17, 15) is 24.1 Å². The van der Waals surface area contributed by atoms with Crippen LogP contribution in [0, 0.1) is 15.9 Å². The second kappa shape index (κ2) is 7.66. The lowest BCUT2D eigenvalue weighted by Gasteiger charge is -2.09. The highest BCUT2D eigenvalue weighted by Crippen LogP contribution is 2.21. The number of hydrogen-bond donors (Lipinski definition) is 1. The molecular formula is C18H13FN4O5. The zero-order valence-corrected chi connectivity index (χ0v) is 14.5. The molecule has 0 fully saturated rings. The van der Waals surface area contributed by atoms with Crippen molar-refractivity contribution in [3.05, 3.63) is 81.9 Å². The van der Waals surface area contributed by atoms with Gasteiger partial charge in [0.05, 0.1) is 17.6 Å². The molecule has 0 aliphatic carbocycles. The minimum atomic E-state index is -0.827. The Bertz CT molecular complexity index is 1070. The van der Waals surface area contributed by atoms with Crippen molar-refractivity contribution in [1.29, 1.82) is 0 Å². The van der Waals surface area contributed by atoms with Crippen LogP contribution < -0.4 is 5.32 Å². The van der Waals surface area contributed by atoms with E-state index in [2.05, 4.69) is 15.2 Å². The summed E-state index contributed by atoms with van der Waals surface area (Å²) in [5.74, 6) is -2.21. The first-order valence-corrected chi connectivity index (χ1v) is 7.88. The molecule has 28 heavy (non-hydrogen) atoms. The van der Waals surface area contributed by atoms with Crippen LogP contribution >= 0.6 is 0 Å². The Hall–Kier alpha value is -4.08. The molecule has 1 N–H and O–H groups in total. The van der Waals surface area contributed by atoms with E-state index in [-0.39, 0.29) is 22.5 Å². The fourth-order valence-electron chi connectivity index (χ4n) is 2.47. The second-order valence-corrected chi connectivity index (χ2v) is 5.59. The number of esters is 1. The summed E-state index contributed by atoms with van der Waals surface area (Å²) in [6.07, 6.45) is 3.06. The smallest absolute Gasteiger partial charge is 0.338 e. The maximum Gasteiger partial charge on any atom is 0.338 e. The molecule has 1 amide bonds. The van der Waals surface area contributed by atoms with Crippen molar-refractivity contribution >= 4 is 23.3 Å². The lowest BCUT2D eigenvalue weighted by Crippen LogP contribution is -2.14. The first-order valence-electron chi connectivity index (χ1n) is 7.88. The number of halogens is 1. The van der Waals surface area contributed by atoms with Crippen LogP contribution in [-0.4, -0.2) is 33.7 Å². The Morgan fingerprint density at radius 2 is 1.96 bits per heavy atom. The average molecular weight is 384 g/mol. The fourth-order valence-corrected chi connectivity index (χ4v) is 2.47. The van der Waals surface area contributed by atoms with Crippen LogP contribution in [0.3, 0.4) is 0 Å². The molecule has 9 nitrogen and oxygen atoms in total. The standard InChI is InChI=1S/C18H13FN4O5/c1-28-18(25)12-7-11(8-14(9-12)23(26)27)17(24)21-13-3-4-16(15(19)10-13)22-6-2-5-20-22/h2-10H,1H3,(H,21,24). The minimum absolute atomic E-state index is 0.129. The van der Waals surface area contributed by atoms with E-state index in [1.54, 1.807) is 12.3 Å². The number of non-ortho nitro benzene ring substituents is 1. The van der Waals surface area contributed by atoms with Gasteiger partial charge in [-0.05, 0) is 30.3 Å². The highest BCUT2D eigenvalue weighted by molar-refractivity contribution is 6.06. The number of nitrogens with zero attached hydrogens (tertiary/aromatic N) is 3. The first-order chi connectivity index (χ1) is 13.4. The maximum absolute atomic E-state index is 14.3. The van der Waals surface area contributed by atoms with Crippen molar-refractivity contribution in [3.8, 4) is 5.69 Å². The van der Waals surface area contributed by atoms with Crippen molar-refractivity contribution < 1.29 is 23.6 Å². The number of hydrogen-bond acceptors (Lipinski definition) is 6. The van der Waals surface area contributed by atoms with Crippen LogP contribution in [0.2, 0.25) is 0 Å². The van der Waals surface area contributed by atoms with Crippen molar-refractivity contribution in [3.63, 3.8) is 0 Å². The minimum Gasteiger partial charge on any atom is -0.465 e. The molecule has 0 atom stereocenters. The molecule has 1 heterocycles. The topological polar surface area (TPSA) is 116 Å². The van der Waals surface area contributed by atoms with Gasteiger partial charge in [0.15, 0.2) is 5.82 Å². The molecule has 0 saturated carbocycles. The van der Waals surface area contributed by atoms with E-state index in [0.717, 1.165) is 31.4 Å². The van der Waals surface area contributed by atoms with Crippen LogP contribution in [0.1, 0.15) is 20.7 Å². The van der Waals surface area contributed by atoms with Gasteiger partial charge in [-0.1, -0.05) is 0 Å². The number of carbonyl (C=O) groups excluding carboxylic acids is 2. The number of aromatic nitrogens is 2. The Kier molecular flexibility index (Phi) is 5.12. The van der Waals surface area contributed by atoms with Crippen molar-refractivity contribution in [2.45, 2.75) is 0 Å². The zero-order valence-electron chi connectivity index (χ0n) is 14.5. The molecule has 1 aromatic heterocycles. The molecule has 0 radical (unpaired) electrons. The molecule has 2 aromatic carbocycles. The molecule has 0 aliphatic rings. The highest BCUT2D eigenvalue weighted by atomic mass is 19.1. The number of nitro groups is 1. The summed E-state index contributed by atoms with van der Waals surface area (Å²) < 4.78 is 20.2. The Morgan fingerprint density at radius 3 is 2.57 bits per heavy atom. The summed E-state index contributed by atoms with van der Waals surface area (Å²) >= 11 is 0. The van der Waals surface area contributed by atoms with Gasteiger partial charge in [-0.15, -0.1) is 0 Å². The van der Waals surface area contributed by atoms with E-state index in [4.69, 9.17) is 0 Å². The Morgan fingerprint density at radius 1 is 1.21 bits per heavy atom. The lowest BCUT2D eigenvalue weighted by atomic mass is 10.1. The zero-order chi connectivity index (χ0) is 20.3. The molecule has 0 aliphatic heterocycles. The highest BCUT2D eigenvalue weighted by Gasteiger charge is 2.19. The normalized spacial score (nSPS) is 10.4. The number of carbonyl (C=O) groups is 2. The predicted molar refractivity (Wildman–Crippen MR) is 95.9 cm³/mol. The molecule has 3 aromatic rings. The lowest BCUT2D eigenvalue weighted by molar-refractivity contribution is -0.384. The number of benzene rings is 2. The second-order valence-electron chi connectivity index (χ2n) is 5.59. The van der Waals surface area contributed by atoms with Gasteiger partial charge in [-0.25, -0.2) is 13.9 Å². The number of amides is 1. The quantitative estimate of drug-likeness (QED) is 0.411. The van der Waals surface area contributed by atoms with Crippen LogP contribution in [0.15, 0.2) is 54.9 Å². The number of nitrogens with one attached hydrogen (secondary N) is 1. The molecule has 3 rings (SSSR count). The van der Waals surface area contributed by atoms with Crippen LogP contribution in [0.4, 0.5) is 15.8 Å². The van der Waals surface area contributed by atoms with E-state index < -0.39 is 28.3 Å². The third-order valence-corrected chi connectivity index (χ3v) is 3.77. The van der Waals surface area contributed by atoms with E-state index in [1.165, 1.54) is 23.0 Å². The molecule has 0 saturated heterocycles. The Labute approximate surface area is 157 Å². The van der Waals surface area contributed by atoms with Gasteiger partial charge >= 0.3 is 5.97 Å². The number of rotatable bonds is 5. The number of nitro benzene ring substituents is 1. The van der Waals surface area contributed by atoms with Gasteiger partial charge in [0, 0.05) is 35.8 Å². The van der Waals surface area contributed by atoms with Gasteiger partial charge < -0.3 is 10.1 Å². The largest absolute Gasteiger partial charge is 0.465 e. The molecule has 0 unspecified atom stereocenters. The summed E-state index contributed by atoms with van der Waals surface area (Å²) in [4.78, 5) is 34.5. The molecule has 0 bridgehead atoms. The van der Waals surface area contributed by atoms with Crippen molar-refractivity contribution in [2.24, 2.45) is 0 Å². The summed E-state index contributed by atoms with van der Waals surface area (Å²) in [7, 11) is 1.12. The molecule has 0 spiro atoms. The van der Waals surface area contributed by atoms with Crippen LogP contribution in [-0.2, 0) is 4.74 Å². The van der Waals surface area contributed by atoms with Crippen molar-refractivity contribution in [1.82, 2.24) is 9.78 Å². The van der Waals surface area contributed by atoms with Crippen molar-refractivity contribution in [2.75, 3.05) is 12.4 Å². The number of methoxy groups -OCH3 is 1. The molecular weight excluding hydrogens is 371 g/mol. The van der Waals surface area contributed by atoms with Gasteiger partial charge in [0.25, 0.3) is 11.6 Å². The third kappa shape index (κ3) is 3.85. The third-order valence-electron chi connectivity index (χ3n) is 3.77. The summed E-state index contributed by atoms with van der Waals surface area (Å²) in [6, 6.07) is 8.77. The summed E-state index contributed by atoms with van der Waals surface area (Å²) in [5, 5.41) is 17.4. The number of ether oxygens (including phenoxy) is 1. The average Bonchev–Trinajstić information content (AvgIpc) is 3.21. The van der Waals surface area contributed by atoms with Gasteiger partial charge in [0.1, 0.15) is 5.69 Å². The van der Waals surface area contributed by atoms with E-state index in [1.807, 2.05) is 0 Å². The van der Waals surface area contributed by atoms with E-state index >= 15 is 0 Å². The van der Waals surface area contributed by atoms with E-state index in [0.29, 0.717) is 0 Å². The summed E-state index contributed by atoms with van der Waals surface area (Å²) in [6.45, 7) is 0. The molecule has 142 valence electrons. The maximum atomic E-state index is 14.3. The number of anilines is 1. The first kappa shape index (κ1) is 18.7. The Balaban J connectivity index is 1.88. The van der Waals surface area contributed by atoms with Crippen LogP contribution in [0.5, 0.6) is 0 Å². The predicted octanol–water partition coefficient (Wildman–Crippen LogP) is 2.96. The summed E-state index contributed by atoms with van der Waals surface area (Å²) in [5.41, 5.74) is -0.433. The SMILES string of the molecule is COC(=O)c1cc(C(=O)Nc2ccc(-n3cccn3)c(F)c2)cc([N+](=O)[O-])c1. The monoisotopic (exact) mass is 384 g/mol. The van der Waals surface area contributed by atoms with Gasteiger partial charge in [-0.2, -0.15) is 5.10 Å². The van der Waals surface area contributed by atoms with Gasteiger partial charge in [0.2, 0.25) is 0 Å². The van der Waals surface area contributed by atoms with Gasteiger partial charge in [-0.3, -0.25) is 14.9 Å².